The van der Waals surface area contributed by atoms with Crippen molar-refractivity contribution < 1.29 is 5.11 Å². The smallest absolute Gasteiger partial charge is 0.0715 e. The van der Waals surface area contributed by atoms with Gasteiger partial charge in [-0.05, 0) is 31.5 Å². The maximum atomic E-state index is 9.65. The molecular formula is C14H22BrNO. The minimum Gasteiger partial charge on any atom is -0.389 e. The van der Waals surface area contributed by atoms with Crippen molar-refractivity contribution in [2.45, 2.75) is 38.7 Å². The van der Waals surface area contributed by atoms with Gasteiger partial charge in [-0.25, -0.2) is 0 Å². The molecule has 2 N–H and O–H groups in total. The second kappa shape index (κ2) is 5.51. The van der Waals surface area contributed by atoms with Crippen molar-refractivity contribution in [1.29, 1.82) is 0 Å². The summed E-state index contributed by atoms with van der Waals surface area (Å²) >= 11 is 3.44. The summed E-state index contributed by atoms with van der Waals surface area (Å²) in [6.07, 6.45) is 0. The summed E-state index contributed by atoms with van der Waals surface area (Å²) in [4.78, 5) is 0. The lowest BCUT2D eigenvalue weighted by atomic mass is 9.84. The summed E-state index contributed by atoms with van der Waals surface area (Å²) in [6.45, 7) is 9.48. The molecule has 0 radical (unpaired) electrons. The van der Waals surface area contributed by atoms with E-state index in [1.807, 2.05) is 13.8 Å². The van der Waals surface area contributed by atoms with Crippen LogP contribution in [0, 0.1) is 0 Å². The van der Waals surface area contributed by atoms with Crippen LogP contribution in [0.15, 0.2) is 28.7 Å². The molecule has 1 rings (SSSR count). The van der Waals surface area contributed by atoms with Crippen molar-refractivity contribution in [3.05, 3.63) is 34.3 Å². The minimum atomic E-state index is -0.657. The first-order valence-electron chi connectivity index (χ1n) is 5.90. The fourth-order valence-corrected chi connectivity index (χ4v) is 1.95. The Balaban J connectivity index is 2.59. The van der Waals surface area contributed by atoms with Gasteiger partial charge in [0.25, 0.3) is 0 Å². The van der Waals surface area contributed by atoms with Gasteiger partial charge >= 0.3 is 0 Å². The number of hydrogen-bond acceptors (Lipinski definition) is 2. The monoisotopic (exact) mass is 299 g/mol. The molecule has 17 heavy (non-hydrogen) atoms. The van der Waals surface area contributed by atoms with Crippen molar-refractivity contribution in [2.24, 2.45) is 0 Å². The Kier molecular flexibility index (Phi) is 4.76. The molecule has 0 aromatic heterocycles. The minimum absolute atomic E-state index is 0.0615. The van der Waals surface area contributed by atoms with E-state index in [1.165, 1.54) is 5.56 Å². The second-order valence-corrected chi connectivity index (χ2v) is 6.72. The largest absolute Gasteiger partial charge is 0.389 e. The van der Waals surface area contributed by atoms with E-state index >= 15 is 0 Å². The van der Waals surface area contributed by atoms with Crippen molar-refractivity contribution in [3.63, 3.8) is 0 Å². The fraction of sp³-hybridized carbons (Fsp3) is 0.571. The van der Waals surface area contributed by atoms with Crippen molar-refractivity contribution >= 4 is 15.9 Å². The normalized spacial score (nSPS) is 12.8. The average molecular weight is 300 g/mol. The third-order valence-corrected chi connectivity index (χ3v) is 3.28. The van der Waals surface area contributed by atoms with Crippen molar-refractivity contribution in [2.75, 3.05) is 13.1 Å². The van der Waals surface area contributed by atoms with E-state index in [4.69, 9.17) is 0 Å². The van der Waals surface area contributed by atoms with Gasteiger partial charge in [0.1, 0.15) is 0 Å². The van der Waals surface area contributed by atoms with Gasteiger partial charge < -0.3 is 10.4 Å². The van der Waals surface area contributed by atoms with Crippen LogP contribution in [-0.4, -0.2) is 23.8 Å². The molecule has 3 heteroatoms. The summed E-state index contributed by atoms with van der Waals surface area (Å²) in [7, 11) is 0. The summed E-state index contributed by atoms with van der Waals surface area (Å²) in [5.74, 6) is 0. The molecular weight excluding hydrogens is 278 g/mol. The summed E-state index contributed by atoms with van der Waals surface area (Å²) in [5, 5.41) is 13.0. The molecule has 1 aromatic carbocycles. The first-order chi connectivity index (χ1) is 7.71. The molecule has 0 aliphatic heterocycles. The molecule has 0 heterocycles. The topological polar surface area (TPSA) is 32.3 Å². The van der Waals surface area contributed by atoms with Gasteiger partial charge in [0.05, 0.1) is 5.60 Å². The zero-order valence-corrected chi connectivity index (χ0v) is 12.6. The number of nitrogens with one attached hydrogen (secondary N) is 1. The van der Waals surface area contributed by atoms with E-state index < -0.39 is 5.60 Å². The van der Waals surface area contributed by atoms with E-state index in [-0.39, 0.29) is 5.41 Å². The predicted octanol–water partition coefficient (Wildman–Crippen LogP) is 3.09. The standard InChI is InChI=1S/C14H22BrNO/c1-13(2,9-16-10-14(3,4)17)11-5-7-12(15)8-6-11/h5-8,16-17H,9-10H2,1-4H3. The van der Waals surface area contributed by atoms with Gasteiger partial charge in [-0.1, -0.05) is 41.9 Å². The van der Waals surface area contributed by atoms with Crippen LogP contribution in [-0.2, 0) is 5.41 Å². The highest BCUT2D eigenvalue weighted by atomic mass is 79.9. The quantitative estimate of drug-likeness (QED) is 0.876. The second-order valence-electron chi connectivity index (χ2n) is 5.81. The zero-order chi connectivity index (χ0) is 13.1. The number of aliphatic hydroxyl groups is 1. The Hall–Kier alpha value is -0.380. The van der Waals surface area contributed by atoms with Crippen LogP contribution in [0.5, 0.6) is 0 Å². The maximum Gasteiger partial charge on any atom is 0.0715 e. The summed E-state index contributed by atoms with van der Waals surface area (Å²) in [5.41, 5.74) is 0.700. The van der Waals surface area contributed by atoms with Crippen molar-refractivity contribution in [1.82, 2.24) is 5.32 Å². The first-order valence-corrected chi connectivity index (χ1v) is 6.69. The van der Waals surface area contributed by atoms with Crippen LogP contribution in [0.3, 0.4) is 0 Å². The summed E-state index contributed by atoms with van der Waals surface area (Å²) < 4.78 is 1.10. The molecule has 2 nitrogen and oxygen atoms in total. The van der Waals surface area contributed by atoms with E-state index in [1.54, 1.807) is 0 Å². The Morgan fingerprint density at radius 1 is 1.06 bits per heavy atom. The van der Waals surface area contributed by atoms with Gasteiger partial charge in [0.2, 0.25) is 0 Å². The molecule has 0 unspecified atom stereocenters. The molecule has 0 aliphatic rings. The Bertz CT molecular complexity index is 351. The van der Waals surface area contributed by atoms with Gasteiger partial charge in [0.15, 0.2) is 0 Å². The van der Waals surface area contributed by atoms with Crippen LogP contribution in [0.1, 0.15) is 33.3 Å². The summed E-state index contributed by atoms with van der Waals surface area (Å²) in [6, 6.07) is 8.39. The highest BCUT2D eigenvalue weighted by Crippen LogP contribution is 2.24. The molecule has 0 amide bonds. The lowest BCUT2D eigenvalue weighted by molar-refractivity contribution is 0.0785. The van der Waals surface area contributed by atoms with Gasteiger partial charge in [-0.3, -0.25) is 0 Å². The third kappa shape index (κ3) is 5.19. The Morgan fingerprint density at radius 3 is 2.06 bits per heavy atom. The Labute approximate surface area is 113 Å². The van der Waals surface area contributed by atoms with Gasteiger partial charge in [0, 0.05) is 23.0 Å². The van der Waals surface area contributed by atoms with Gasteiger partial charge in [-0.2, -0.15) is 0 Å². The van der Waals surface area contributed by atoms with E-state index in [2.05, 4.69) is 59.4 Å². The maximum absolute atomic E-state index is 9.65. The molecule has 0 atom stereocenters. The highest BCUT2D eigenvalue weighted by molar-refractivity contribution is 9.10. The molecule has 0 fully saturated rings. The predicted molar refractivity (Wildman–Crippen MR) is 76.3 cm³/mol. The van der Waals surface area contributed by atoms with Crippen LogP contribution >= 0.6 is 15.9 Å². The molecule has 1 aromatic rings. The number of halogens is 1. The molecule has 0 bridgehead atoms. The molecule has 0 saturated carbocycles. The lowest BCUT2D eigenvalue weighted by Crippen LogP contribution is -2.41. The zero-order valence-electron chi connectivity index (χ0n) is 11.0. The number of hydrogen-bond donors (Lipinski definition) is 2. The number of benzene rings is 1. The molecule has 96 valence electrons. The van der Waals surface area contributed by atoms with E-state index in [0.717, 1.165) is 11.0 Å². The lowest BCUT2D eigenvalue weighted by Gasteiger charge is -2.28. The average Bonchev–Trinajstić information content (AvgIpc) is 2.15. The van der Waals surface area contributed by atoms with Crippen LogP contribution < -0.4 is 5.32 Å². The number of rotatable bonds is 5. The van der Waals surface area contributed by atoms with Crippen molar-refractivity contribution in [3.8, 4) is 0 Å². The van der Waals surface area contributed by atoms with E-state index in [9.17, 15) is 5.11 Å². The van der Waals surface area contributed by atoms with E-state index in [0.29, 0.717) is 6.54 Å². The fourth-order valence-electron chi connectivity index (χ4n) is 1.68. The highest BCUT2D eigenvalue weighted by Gasteiger charge is 2.21. The van der Waals surface area contributed by atoms with Crippen LogP contribution in [0.2, 0.25) is 0 Å². The van der Waals surface area contributed by atoms with Gasteiger partial charge in [-0.15, -0.1) is 0 Å². The SMILES string of the molecule is CC(C)(O)CNCC(C)(C)c1ccc(Br)cc1. The third-order valence-electron chi connectivity index (χ3n) is 2.75. The van der Waals surface area contributed by atoms with Crippen LogP contribution in [0.4, 0.5) is 0 Å². The molecule has 0 aliphatic carbocycles. The molecule has 0 spiro atoms. The Morgan fingerprint density at radius 2 is 1.59 bits per heavy atom. The van der Waals surface area contributed by atoms with Crippen LogP contribution in [0.25, 0.3) is 0 Å². The molecule has 0 saturated heterocycles. The first kappa shape index (κ1) is 14.7.